The first kappa shape index (κ1) is 15.4. The maximum Gasteiger partial charge on any atom is 0.330 e. The Balaban J connectivity index is 2.16. The number of aryl methyl sites for hydroxylation is 1. The van der Waals surface area contributed by atoms with Gasteiger partial charge in [-0.1, -0.05) is 0 Å². The zero-order valence-corrected chi connectivity index (χ0v) is 11.6. The molecule has 2 rings (SSSR count). The highest BCUT2D eigenvalue weighted by Crippen LogP contribution is 2.29. The van der Waals surface area contributed by atoms with E-state index in [-0.39, 0.29) is 19.6 Å². The predicted octanol–water partition coefficient (Wildman–Crippen LogP) is -0.576. The van der Waals surface area contributed by atoms with E-state index in [0.29, 0.717) is 12.0 Å². The molecule has 3 atom stereocenters. The fraction of sp³-hybridized carbons (Fsp3) is 0.615. The molecule has 0 saturated carbocycles. The molecule has 0 unspecified atom stereocenters. The summed E-state index contributed by atoms with van der Waals surface area (Å²) in [7, 11) is 0. The summed E-state index contributed by atoms with van der Waals surface area (Å²) < 4.78 is 12.4. The fourth-order valence-corrected chi connectivity index (χ4v) is 2.27. The van der Waals surface area contributed by atoms with E-state index in [0.717, 1.165) is 0 Å². The first-order valence-electron chi connectivity index (χ1n) is 6.63. The number of hydrogen-bond acceptors (Lipinski definition) is 6. The molecule has 8 heteroatoms. The molecule has 0 aromatic carbocycles. The summed E-state index contributed by atoms with van der Waals surface area (Å²) >= 11 is 0. The monoisotopic (exact) mass is 295 g/mol. The highest BCUT2D eigenvalue weighted by Gasteiger charge is 2.37. The number of nitriles is 1. The van der Waals surface area contributed by atoms with Crippen LogP contribution in [0.15, 0.2) is 15.8 Å². The van der Waals surface area contributed by atoms with Crippen molar-refractivity contribution in [3.05, 3.63) is 32.6 Å². The van der Waals surface area contributed by atoms with Crippen molar-refractivity contribution in [1.82, 2.24) is 9.55 Å². The number of ether oxygens (including phenoxy) is 2. The van der Waals surface area contributed by atoms with Gasteiger partial charge in [-0.05, 0) is 6.92 Å². The van der Waals surface area contributed by atoms with Crippen LogP contribution in [0.3, 0.4) is 0 Å². The Morgan fingerprint density at radius 2 is 2.38 bits per heavy atom. The Morgan fingerprint density at radius 3 is 3.05 bits per heavy atom. The second-order valence-electron chi connectivity index (χ2n) is 4.84. The van der Waals surface area contributed by atoms with Gasteiger partial charge >= 0.3 is 5.69 Å². The van der Waals surface area contributed by atoms with Crippen molar-refractivity contribution in [2.24, 2.45) is 0 Å². The minimum absolute atomic E-state index is 0.243. The van der Waals surface area contributed by atoms with Crippen molar-refractivity contribution in [2.75, 3.05) is 13.2 Å². The Bertz CT molecular complexity index is 644. The summed E-state index contributed by atoms with van der Waals surface area (Å²) in [5, 5.41) is 17.8. The molecule has 2 heterocycles. The van der Waals surface area contributed by atoms with Gasteiger partial charge < -0.3 is 14.6 Å². The molecule has 1 aromatic heterocycles. The third kappa shape index (κ3) is 3.39. The van der Waals surface area contributed by atoms with E-state index in [1.165, 1.54) is 10.8 Å². The summed E-state index contributed by atoms with van der Waals surface area (Å²) in [5.41, 5.74) is -0.604. The van der Waals surface area contributed by atoms with E-state index in [2.05, 4.69) is 4.98 Å². The molecule has 114 valence electrons. The lowest BCUT2D eigenvalue weighted by Crippen LogP contribution is -2.33. The summed E-state index contributed by atoms with van der Waals surface area (Å²) in [6, 6.07) is 1.97. The van der Waals surface area contributed by atoms with Crippen LogP contribution in [0.1, 0.15) is 24.6 Å². The summed E-state index contributed by atoms with van der Waals surface area (Å²) in [5.74, 6) is 0. The van der Waals surface area contributed by atoms with Crippen LogP contribution >= 0.6 is 0 Å². The number of rotatable bonds is 5. The van der Waals surface area contributed by atoms with Crippen LogP contribution in [0.5, 0.6) is 0 Å². The SMILES string of the molecule is Cc1cn([C@H]2C[C@H](OCCC#N)[C@@H](CO)O2)c(=O)[nH]c1=O. The fourth-order valence-electron chi connectivity index (χ4n) is 2.27. The van der Waals surface area contributed by atoms with Crippen molar-refractivity contribution in [1.29, 1.82) is 5.26 Å². The molecule has 0 aliphatic carbocycles. The number of aliphatic hydroxyl groups excluding tert-OH is 1. The number of aromatic nitrogens is 2. The number of hydrogen-bond donors (Lipinski definition) is 2. The molecule has 0 spiro atoms. The Labute approximate surface area is 120 Å². The molecule has 0 amide bonds. The summed E-state index contributed by atoms with van der Waals surface area (Å²) in [4.78, 5) is 25.4. The van der Waals surface area contributed by atoms with Gasteiger partial charge in [0, 0.05) is 18.2 Å². The van der Waals surface area contributed by atoms with Gasteiger partial charge in [-0.2, -0.15) is 5.26 Å². The second kappa shape index (κ2) is 6.67. The van der Waals surface area contributed by atoms with Crippen molar-refractivity contribution in [3.8, 4) is 6.07 Å². The van der Waals surface area contributed by atoms with Crippen LogP contribution in [0.4, 0.5) is 0 Å². The minimum Gasteiger partial charge on any atom is -0.394 e. The summed E-state index contributed by atoms with van der Waals surface area (Å²) in [6.07, 6.45) is 0.467. The van der Waals surface area contributed by atoms with Gasteiger partial charge in [0.1, 0.15) is 12.3 Å². The quantitative estimate of drug-likeness (QED) is 0.702. The molecule has 0 bridgehead atoms. The van der Waals surface area contributed by atoms with Crippen LogP contribution in [-0.2, 0) is 9.47 Å². The van der Waals surface area contributed by atoms with Gasteiger partial charge in [0.2, 0.25) is 0 Å². The lowest BCUT2D eigenvalue weighted by atomic mass is 10.2. The van der Waals surface area contributed by atoms with E-state index in [9.17, 15) is 14.7 Å². The van der Waals surface area contributed by atoms with Crippen LogP contribution in [-0.4, -0.2) is 40.1 Å². The lowest BCUT2D eigenvalue weighted by Gasteiger charge is -2.15. The normalized spacial score (nSPS) is 24.9. The van der Waals surface area contributed by atoms with Crippen LogP contribution < -0.4 is 11.2 Å². The average molecular weight is 295 g/mol. The Morgan fingerprint density at radius 1 is 1.62 bits per heavy atom. The van der Waals surface area contributed by atoms with E-state index in [4.69, 9.17) is 14.7 Å². The number of aliphatic hydroxyl groups is 1. The van der Waals surface area contributed by atoms with E-state index < -0.39 is 29.7 Å². The van der Waals surface area contributed by atoms with Crippen molar-refractivity contribution in [2.45, 2.75) is 38.2 Å². The van der Waals surface area contributed by atoms with Gasteiger partial charge in [-0.3, -0.25) is 14.3 Å². The first-order valence-corrected chi connectivity index (χ1v) is 6.63. The smallest absolute Gasteiger partial charge is 0.330 e. The van der Waals surface area contributed by atoms with Gasteiger partial charge in [0.25, 0.3) is 5.56 Å². The maximum absolute atomic E-state index is 11.8. The third-order valence-electron chi connectivity index (χ3n) is 3.36. The average Bonchev–Trinajstić information content (AvgIpc) is 2.86. The third-order valence-corrected chi connectivity index (χ3v) is 3.36. The highest BCUT2D eigenvalue weighted by atomic mass is 16.6. The molecule has 2 N–H and O–H groups in total. The van der Waals surface area contributed by atoms with Crippen molar-refractivity contribution < 1.29 is 14.6 Å². The number of H-pyrrole nitrogens is 1. The van der Waals surface area contributed by atoms with Crippen LogP contribution in [0, 0.1) is 18.3 Å². The van der Waals surface area contributed by atoms with E-state index >= 15 is 0 Å². The number of nitrogens with zero attached hydrogens (tertiary/aromatic N) is 2. The topological polar surface area (TPSA) is 117 Å². The Hall–Kier alpha value is -1.95. The predicted molar refractivity (Wildman–Crippen MR) is 71.6 cm³/mol. The first-order chi connectivity index (χ1) is 10.1. The highest BCUT2D eigenvalue weighted by molar-refractivity contribution is 5.02. The zero-order chi connectivity index (χ0) is 15.4. The molecule has 8 nitrogen and oxygen atoms in total. The minimum atomic E-state index is -0.614. The molecule has 21 heavy (non-hydrogen) atoms. The van der Waals surface area contributed by atoms with Crippen molar-refractivity contribution >= 4 is 0 Å². The molecular formula is C13H17N3O5. The number of aromatic amines is 1. The molecular weight excluding hydrogens is 278 g/mol. The Kier molecular flexibility index (Phi) is 4.90. The molecule has 1 aliphatic rings. The largest absolute Gasteiger partial charge is 0.394 e. The van der Waals surface area contributed by atoms with Crippen LogP contribution in [0.2, 0.25) is 0 Å². The molecule has 1 aliphatic heterocycles. The van der Waals surface area contributed by atoms with E-state index in [1.807, 2.05) is 6.07 Å². The van der Waals surface area contributed by atoms with Gasteiger partial charge in [0.15, 0.2) is 0 Å². The number of nitrogens with one attached hydrogen (secondary N) is 1. The van der Waals surface area contributed by atoms with Crippen molar-refractivity contribution in [3.63, 3.8) is 0 Å². The molecule has 1 saturated heterocycles. The van der Waals surface area contributed by atoms with Crippen LogP contribution in [0.25, 0.3) is 0 Å². The summed E-state index contributed by atoms with van der Waals surface area (Å²) in [6.45, 7) is 1.59. The van der Waals surface area contributed by atoms with Gasteiger partial charge in [0.05, 0.1) is 31.8 Å². The molecule has 1 aromatic rings. The molecule has 1 fully saturated rings. The van der Waals surface area contributed by atoms with E-state index in [1.54, 1.807) is 6.92 Å². The zero-order valence-electron chi connectivity index (χ0n) is 11.6. The standard InChI is InChI=1S/C13H17N3O5/c1-8-6-16(13(19)15-12(8)18)11-5-9(10(7-17)21-11)20-4-2-3-14/h6,9-11,17H,2,4-5,7H2,1H3,(H,15,18,19)/t9-,10+,11+/m0/s1. The lowest BCUT2D eigenvalue weighted by molar-refractivity contribution is -0.0614. The maximum atomic E-state index is 11.8. The van der Waals surface area contributed by atoms with Gasteiger partial charge in [-0.25, -0.2) is 4.79 Å². The second-order valence-corrected chi connectivity index (χ2v) is 4.84. The van der Waals surface area contributed by atoms with Gasteiger partial charge in [-0.15, -0.1) is 0 Å². The molecule has 0 radical (unpaired) electrons.